The Morgan fingerprint density at radius 1 is 1.32 bits per heavy atom. The van der Waals surface area contributed by atoms with E-state index in [0.29, 0.717) is 4.21 Å². The summed E-state index contributed by atoms with van der Waals surface area (Å²) in [5.41, 5.74) is -0.946. The van der Waals surface area contributed by atoms with Crippen LogP contribution < -0.4 is 4.72 Å². The van der Waals surface area contributed by atoms with Crippen LogP contribution in [-0.4, -0.2) is 16.2 Å². The van der Waals surface area contributed by atoms with Gasteiger partial charge in [-0.15, -0.1) is 11.3 Å². The molecule has 22 heavy (non-hydrogen) atoms. The van der Waals surface area contributed by atoms with Gasteiger partial charge in [0.15, 0.2) is 0 Å². The number of aromatic carboxylic acids is 1. The lowest BCUT2D eigenvalue weighted by molar-refractivity contribution is -0.138. The van der Waals surface area contributed by atoms with Crippen LogP contribution >= 0.6 is 34.9 Å². The van der Waals surface area contributed by atoms with Crippen LogP contribution in [0, 0.1) is 0 Å². The van der Waals surface area contributed by atoms with Crippen molar-refractivity contribution < 1.29 is 28.2 Å². The fraction of sp³-hybridized carbons (Fsp3) is 0.0833. The number of thiophene rings is 1. The molecule has 0 aliphatic heterocycles. The Labute approximate surface area is 135 Å². The zero-order valence-electron chi connectivity index (χ0n) is 10.4. The average molecular weight is 370 g/mol. The van der Waals surface area contributed by atoms with Gasteiger partial charge in [0.1, 0.15) is 10.1 Å². The van der Waals surface area contributed by atoms with Gasteiger partial charge in [0.25, 0.3) is 0 Å². The summed E-state index contributed by atoms with van der Waals surface area (Å²) in [5, 5.41) is 18.2. The molecular formula is C12H7ClF3NO3S2. The number of alkyl halides is 3. The van der Waals surface area contributed by atoms with Crippen LogP contribution in [0.25, 0.3) is 0 Å². The molecule has 1 aromatic heterocycles. The Morgan fingerprint density at radius 2 is 2.00 bits per heavy atom. The van der Waals surface area contributed by atoms with Gasteiger partial charge in [-0.25, -0.2) is 4.79 Å². The molecule has 0 saturated heterocycles. The molecule has 2 aromatic rings. The second kappa shape index (κ2) is 6.27. The second-order valence-corrected chi connectivity index (χ2v) is 6.75. The number of anilines is 1. The van der Waals surface area contributed by atoms with Crippen LogP contribution in [0.5, 0.6) is 5.75 Å². The van der Waals surface area contributed by atoms with Crippen LogP contribution in [0.1, 0.15) is 15.9 Å². The van der Waals surface area contributed by atoms with Crippen molar-refractivity contribution >= 4 is 46.5 Å². The molecule has 0 spiro atoms. The molecule has 0 fully saturated rings. The van der Waals surface area contributed by atoms with Crippen molar-refractivity contribution in [2.45, 2.75) is 10.4 Å². The number of halogens is 4. The van der Waals surface area contributed by atoms with E-state index in [4.69, 9.17) is 16.7 Å². The highest BCUT2D eigenvalue weighted by Crippen LogP contribution is 2.39. The van der Waals surface area contributed by atoms with E-state index in [9.17, 15) is 23.1 Å². The third kappa shape index (κ3) is 3.79. The minimum Gasteiger partial charge on any atom is -0.507 e. The molecular weight excluding hydrogens is 363 g/mol. The van der Waals surface area contributed by atoms with Gasteiger partial charge in [-0.3, -0.25) is 0 Å². The Kier molecular flexibility index (Phi) is 4.78. The number of phenols is 1. The minimum absolute atomic E-state index is 0.0498. The summed E-state index contributed by atoms with van der Waals surface area (Å²) >= 11 is 7.74. The number of phenolic OH excluding ortho intramolecular Hbond substituents is 1. The maximum atomic E-state index is 12.5. The van der Waals surface area contributed by atoms with Gasteiger partial charge in [-0.2, -0.15) is 13.2 Å². The highest BCUT2D eigenvalue weighted by molar-refractivity contribution is 8.02. The van der Waals surface area contributed by atoms with Crippen molar-refractivity contribution in [3.63, 3.8) is 0 Å². The Hall–Kier alpha value is -1.58. The molecule has 0 atom stereocenters. The number of carbonyl (C=O) groups is 1. The van der Waals surface area contributed by atoms with E-state index in [1.165, 1.54) is 6.07 Å². The Morgan fingerprint density at radius 3 is 2.50 bits per heavy atom. The van der Waals surface area contributed by atoms with Crippen LogP contribution in [0.4, 0.5) is 18.9 Å². The first kappa shape index (κ1) is 16.8. The van der Waals surface area contributed by atoms with Crippen LogP contribution in [0.2, 0.25) is 4.34 Å². The van der Waals surface area contributed by atoms with Crippen molar-refractivity contribution in [3.8, 4) is 5.75 Å². The van der Waals surface area contributed by atoms with E-state index in [0.717, 1.165) is 41.5 Å². The van der Waals surface area contributed by atoms with E-state index in [1.807, 2.05) is 0 Å². The van der Waals surface area contributed by atoms with Crippen molar-refractivity contribution in [1.82, 2.24) is 0 Å². The average Bonchev–Trinajstić information content (AvgIpc) is 2.76. The first-order valence-corrected chi connectivity index (χ1v) is 7.55. The smallest absolute Gasteiger partial charge is 0.419 e. The first-order valence-electron chi connectivity index (χ1n) is 5.54. The molecule has 10 heteroatoms. The molecule has 0 unspecified atom stereocenters. The molecule has 1 aromatic carbocycles. The topological polar surface area (TPSA) is 69.6 Å². The number of aromatic hydroxyl groups is 1. The Balaban J connectivity index is 2.11. The molecule has 4 nitrogen and oxygen atoms in total. The van der Waals surface area contributed by atoms with E-state index < -0.39 is 23.5 Å². The molecule has 0 saturated carbocycles. The van der Waals surface area contributed by atoms with Gasteiger partial charge in [0.2, 0.25) is 0 Å². The van der Waals surface area contributed by atoms with E-state index in [1.54, 1.807) is 0 Å². The highest BCUT2D eigenvalue weighted by Gasteiger charge is 2.33. The zero-order chi connectivity index (χ0) is 16.5. The monoisotopic (exact) mass is 369 g/mol. The van der Waals surface area contributed by atoms with Gasteiger partial charge in [-0.05, 0) is 30.1 Å². The predicted molar refractivity (Wildman–Crippen MR) is 78.9 cm³/mol. The van der Waals surface area contributed by atoms with Crippen molar-refractivity contribution in [2.75, 3.05) is 4.72 Å². The third-order valence-electron chi connectivity index (χ3n) is 2.47. The zero-order valence-corrected chi connectivity index (χ0v) is 12.8. The number of rotatable bonds is 4. The van der Waals surface area contributed by atoms with Gasteiger partial charge in [0.05, 0.1) is 15.3 Å². The molecule has 118 valence electrons. The summed E-state index contributed by atoms with van der Waals surface area (Å²) in [4.78, 5) is 10.8. The van der Waals surface area contributed by atoms with Gasteiger partial charge >= 0.3 is 12.1 Å². The first-order chi connectivity index (χ1) is 10.2. The molecule has 0 aliphatic carbocycles. The van der Waals surface area contributed by atoms with Crippen molar-refractivity contribution in [1.29, 1.82) is 0 Å². The highest BCUT2D eigenvalue weighted by atomic mass is 35.5. The fourth-order valence-electron chi connectivity index (χ4n) is 1.49. The fourth-order valence-corrected chi connectivity index (χ4v) is 3.68. The van der Waals surface area contributed by atoms with Gasteiger partial charge in [0, 0.05) is 11.8 Å². The third-order valence-corrected chi connectivity index (χ3v) is 4.78. The predicted octanol–water partition coefficient (Wildman–Crippen LogP) is 4.94. The molecule has 0 amide bonds. The summed E-state index contributed by atoms with van der Waals surface area (Å²) in [6, 6.07) is 4.19. The molecule has 0 bridgehead atoms. The molecule has 3 N–H and O–H groups in total. The molecule has 1 heterocycles. The van der Waals surface area contributed by atoms with Crippen LogP contribution in [0.15, 0.2) is 28.5 Å². The number of carboxylic acid groups (broad SMARTS) is 1. The summed E-state index contributed by atoms with van der Waals surface area (Å²) < 4.78 is 40.8. The summed E-state index contributed by atoms with van der Waals surface area (Å²) in [6.07, 6.45) is -4.63. The standard InChI is InChI=1S/C12H7ClF3NO3S2/c13-10-6(11(19)20)4-9(21-10)22-17-5-1-2-7(8(18)3-5)12(14,15)16/h1-4,17-18H,(H,19,20). The molecule has 0 radical (unpaired) electrons. The number of benzene rings is 1. The lowest BCUT2D eigenvalue weighted by Gasteiger charge is -2.10. The summed E-state index contributed by atoms with van der Waals surface area (Å²) in [5.74, 6) is -2.06. The molecule has 2 rings (SSSR count). The van der Waals surface area contributed by atoms with Crippen molar-refractivity contribution in [2.24, 2.45) is 0 Å². The van der Waals surface area contributed by atoms with E-state index in [-0.39, 0.29) is 15.6 Å². The van der Waals surface area contributed by atoms with Crippen LogP contribution in [0.3, 0.4) is 0 Å². The molecule has 0 aliphatic rings. The van der Waals surface area contributed by atoms with Gasteiger partial charge in [-0.1, -0.05) is 11.6 Å². The number of nitrogens with one attached hydrogen (secondary N) is 1. The summed E-state index contributed by atoms with van der Waals surface area (Å²) in [6.45, 7) is 0. The number of carboxylic acids is 1. The number of hydrogen-bond donors (Lipinski definition) is 3. The largest absolute Gasteiger partial charge is 0.507 e. The lowest BCUT2D eigenvalue weighted by Crippen LogP contribution is -2.05. The second-order valence-electron chi connectivity index (χ2n) is 3.99. The quantitative estimate of drug-likeness (QED) is 0.666. The SMILES string of the molecule is O=C(O)c1cc(SNc2ccc(C(F)(F)F)c(O)c2)sc1Cl. The van der Waals surface area contributed by atoms with Crippen molar-refractivity contribution in [3.05, 3.63) is 39.7 Å². The van der Waals surface area contributed by atoms with Gasteiger partial charge < -0.3 is 14.9 Å². The summed E-state index contributed by atoms with van der Waals surface area (Å²) in [7, 11) is 0. The van der Waals surface area contributed by atoms with E-state index >= 15 is 0 Å². The van der Waals surface area contributed by atoms with Crippen LogP contribution in [-0.2, 0) is 6.18 Å². The minimum atomic E-state index is -4.63. The Bertz CT molecular complexity index is 718. The maximum absolute atomic E-state index is 12.5. The normalized spacial score (nSPS) is 11.5. The maximum Gasteiger partial charge on any atom is 0.419 e. The lowest BCUT2D eigenvalue weighted by atomic mass is 10.2. The van der Waals surface area contributed by atoms with E-state index in [2.05, 4.69) is 4.72 Å². The number of hydrogen-bond acceptors (Lipinski definition) is 5.